The number of ether oxygens (including phenoxy) is 1. The van der Waals surface area contributed by atoms with E-state index >= 15 is 0 Å². The fraction of sp³-hybridized carbons (Fsp3) is 0.211. The van der Waals surface area contributed by atoms with Crippen LogP contribution in [0.2, 0.25) is 0 Å². The fourth-order valence-electron chi connectivity index (χ4n) is 2.70. The largest absolute Gasteiger partial charge is 0.481 e. The zero-order valence-electron chi connectivity index (χ0n) is 15.0. The Morgan fingerprint density at radius 2 is 2.04 bits per heavy atom. The van der Waals surface area contributed by atoms with Gasteiger partial charge in [-0.3, -0.25) is 9.59 Å². The molecule has 140 valence electrons. The maximum absolute atomic E-state index is 12.1. The molecule has 0 atom stereocenters. The summed E-state index contributed by atoms with van der Waals surface area (Å²) in [5.41, 5.74) is 8.59. The van der Waals surface area contributed by atoms with Gasteiger partial charge in [-0.25, -0.2) is 4.98 Å². The summed E-state index contributed by atoms with van der Waals surface area (Å²) in [5, 5.41) is 11.2. The minimum atomic E-state index is -0.959. The van der Waals surface area contributed by atoms with E-state index in [0.29, 0.717) is 28.5 Å². The third-order valence-corrected chi connectivity index (χ3v) is 4.19. The van der Waals surface area contributed by atoms with Crippen LogP contribution in [0.3, 0.4) is 0 Å². The van der Waals surface area contributed by atoms with E-state index in [-0.39, 0.29) is 18.9 Å². The molecule has 3 rings (SSSR count). The Hall–Kier alpha value is -3.55. The van der Waals surface area contributed by atoms with Crippen molar-refractivity contribution < 1.29 is 19.4 Å². The number of aliphatic carboxylic acids is 1. The molecule has 0 radical (unpaired) electrons. The number of carbonyl (C=O) groups excluding carboxylic acids is 1. The molecular formula is C19H20N4O4. The standard InChI is InChI=1S/C19H20N4O4/c1-11-10-12(18(26)21-9-8-16(24)25)6-7-14(11)27-15-5-3-4-13-17(15)22-19(20)23(13)2/h3-7,10H,8-9H2,1-2H3,(H2,20,22)(H,21,26)(H,24,25). The van der Waals surface area contributed by atoms with Crippen LogP contribution >= 0.6 is 0 Å². The molecule has 2 aromatic carbocycles. The van der Waals surface area contributed by atoms with Crippen LogP contribution in [0, 0.1) is 6.92 Å². The predicted octanol–water partition coefficient (Wildman–Crippen LogP) is 2.46. The van der Waals surface area contributed by atoms with Gasteiger partial charge in [-0.1, -0.05) is 6.07 Å². The van der Waals surface area contributed by atoms with Gasteiger partial charge in [0.1, 0.15) is 11.3 Å². The number of nitrogens with zero attached hydrogens (tertiary/aromatic N) is 2. The Labute approximate surface area is 155 Å². The third kappa shape index (κ3) is 3.84. The number of hydrogen-bond acceptors (Lipinski definition) is 5. The maximum atomic E-state index is 12.1. The average molecular weight is 368 g/mol. The van der Waals surface area contributed by atoms with Crippen LogP contribution in [0.15, 0.2) is 36.4 Å². The van der Waals surface area contributed by atoms with Crippen LogP contribution in [0.4, 0.5) is 5.95 Å². The van der Waals surface area contributed by atoms with Crippen molar-refractivity contribution in [2.24, 2.45) is 7.05 Å². The van der Waals surface area contributed by atoms with E-state index in [1.807, 2.05) is 26.1 Å². The van der Waals surface area contributed by atoms with Crippen LogP contribution in [-0.4, -0.2) is 33.1 Å². The van der Waals surface area contributed by atoms with Crippen molar-refractivity contribution >= 4 is 28.9 Å². The lowest BCUT2D eigenvalue weighted by Crippen LogP contribution is -2.26. The van der Waals surface area contributed by atoms with Crippen LogP contribution < -0.4 is 15.8 Å². The highest BCUT2D eigenvalue weighted by Crippen LogP contribution is 2.32. The van der Waals surface area contributed by atoms with E-state index in [9.17, 15) is 9.59 Å². The number of aryl methyl sites for hydroxylation is 2. The van der Waals surface area contributed by atoms with E-state index < -0.39 is 5.97 Å². The molecule has 0 spiro atoms. The van der Waals surface area contributed by atoms with Gasteiger partial charge in [0.15, 0.2) is 5.75 Å². The van der Waals surface area contributed by atoms with E-state index in [0.717, 1.165) is 11.1 Å². The van der Waals surface area contributed by atoms with E-state index in [1.54, 1.807) is 28.8 Å². The number of anilines is 1. The number of nitrogens with two attached hydrogens (primary N) is 1. The number of rotatable bonds is 6. The highest BCUT2D eigenvalue weighted by Gasteiger charge is 2.13. The molecule has 0 aliphatic heterocycles. The summed E-state index contributed by atoms with van der Waals surface area (Å²) >= 11 is 0. The fourth-order valence-corrected chi connectivity index (χ4v) is 2.70. The quantitative estimate of drug-likeness (QED) is 0.615. The van der Waals surface area contributed by atoms with Gasteiger partial charge >= 0.3 is 5.97 Å². The summed E-state index contributed by atoms with van der Waals surface area (Å²) in [7, 11) is 1.83. The maximum Gasteiger partial charge on any atom is 0.305 e. The van der Waals surface area contributed by atoms with Crippen molar-refractivity contribution in [3.63, 3.8) is 0 Å². The number of carboxylic acid groups (broad SMARTS) is 1. The number of carboxylic acids is 1. The molecule has 0 fully saturated rings. The van der Waals surface area contributed by atoms with Gasteiger partial charge < -0.3 is 25.5 Å². The number of hydrogen-bond donors (Lipinski definition) is 3. The molecule has 27 heavy (non-hydrogen) atoms. The lowest BCUT2D eigenvalue weighted by atomic mass is 10.1. The molecule has 1 amide bonds. The van der Waals surface area contributed by atoms with Gasteiger partial charge in [-0.2, -0.15) is 0 Å². The minimum Gasteiger partial charge on any atom is -0.481 e. The van der Waals surface area contributed by atoms with E-state index in [4.69, 9.17) is 15.6 Å². The minimum absolute atomic E-state index is 0.0779. The van der Waals surface area contributed by atoms with Crippen LogP contribution in [0.1, 0.15) is 22.3 Å². The van der Waals surface area contributed by atoms with Crippen molar-refractivity contribution in [1.29, 1.82) is 0 Å². The number of aromatic nitrogens is 2. The van der Waals surface area contributed by atoms with Gasteiger partial charge in [0, 0.05) is 19.2 Å². The molecular weight excluding hydrogens is 348 g/mol. The summed E-state index contributed by atoms with van der Waals surface area (Å²) < 4.78 is 7.77. The number of nitrogens with one attached hydrogen (secondary N) is 1. The van der Waals surface area contributed by atoms with Crippen LogP contribution in [0.5, 0.6) is 11.5 Å². The van der Waals surface area contributed by atoms with Gasteiger partial charge in [0.05, 0.1) is 11.9 Å². The molecule has 4 N–H and O–H groups in total. The lowest BCUT2D eigenvalue weighted by Gasteiger charge is -2.11. The van der Waals surface area contributed by atoms with E-state index in [1.165, 1.54) is 0 Å². The molecule has 3 aromatic rings. The Morgan fingerprint density at radius 1 is 1.26 bits per heavy atom. The third-order valence-electron chi connectivity index (χ3n) is 4.19. The summed E-state index contributed by atoms with van der Waals surface area (Å²) in [6, 6.07) is 10.6. The highest BCUT2D eigenvalue weighted by molar-refractivity contribution is 5.94. The first-order valence-corrected chi connectivity index (χ1v) is 8.36. The van der Waals surface area contributed by atoms with Crippen molar-refractivity contribution in [1.82, 2.24) is 14.9 Å². The first-order chi connectivity index (χ1) is 12.9. The summed E-state index contributed by atoms with van der Waals surface area (Å²) in [4.78, 5) is 27.0. The molecule has 8 heteroatoms. The number of fused-ring (bicyclic) bond motifs is 1. The van der Waals surface area contributed by atoms with Crippen LogP contribution in [0.25, 0.3) is 11.0 Å². The zero-order valence-corrected chi connectivity index (χ0v) is 15.0. The average Bonchev–Trinajstić information content (AvgIpc) is 2.92. The van der Waals surface area contributed by atoms with Crippen molar-refractivity contribution in [2.45, 2.75) is 13.3 Å². The molecule has 0 saturated heterocycles. The Morgan fingerprint density at radius 3 is 2.74 bits per heavy atom. The van der Waals surface area contributed by atoms with Crippen molar-refractivity contribution in [2.75, 3.05) is 12.3 Å². The topological polar surface area (TPSA) is 119 Å². The lowest BCUT2D eigenvalue weighted by molar-refractivity contribution is -0.136. The van der Waals surface area contributed by atoms with Crippen molar-refractivity contribution in [3.8, 4) is 11.5 Å². The Bertz CT molecular complexity index is 1030. The zero-order chi connectivity index (χ0) is 19.6. The summed E-state index contributed by atoms with van der Waals surface area (Å²) in [5.74, 6) is 0.270. The van der Waals surface area contributed by atoms with Gasteiger partial charge in [-0.05, 0) is 42.8 Å². The Balaban J connectivity index is 1.80. The second-order valence-electron chi connectivity index (χ2n) is 6.13. The molecule has 0 saturated carbocycles. The Kier molecular flexibility index (Phi) is 4.98. The van der Waals surface area contributed by atoms with Gasteiger partial charge in [0.2, 0.25) is 5.95 Å². The van der Waals surface area contributed by atoms with Gasteiger partial charge in [0.25, 0.3) is 5.91 Å². The number of nitrogen functional groups attached to an aromatic ring is 1. The SMILES string of the molecule is Cc1cc(C(=O)NCCC(=O)O)ccc1Oc1cccc2c1nc(N)n2C. The van der Waals surface area contributed by atoms with Crippen molar-refractivity contribution in [3.05, 3.63) is 47.5 Å². The molecule has 1 heterocycles. The molecule has 0 aliphatic rings. The molecule has 0 aliphatic carbocycles. The summed E-state index contributed by atoms with van der Waals surface area (Å²) in [6.45, 7) is 1.91. The first-order valence-electron chi connectivity index (χ1n) is 8.36. The monoisotopic (exact) mass is 368 g/mol. The van der Waals surface area contributed by atoms with Gasteiger partial charge in [-0.15, -0.1) is 0 Å². The highest BCUT2D eigenvalue weighted by atomic mass is 16.5. The number of para-hydroxylation sites is 1. The predicted molar refractivity (Wildman–Crippen MR) is 101 cm³/mol. The number of carbonyl (C=O) groups is 2. The summed E-state index contributed by atoms with van der Waals surface area (Å²) in [6.07, 6.45) is -0.122. The smallest absolute Gasteiger partial charge is 0.305 e. The second-order valence-corrected chi connectivity index (χ2v) is 6.13. The normalized spacial score (nSPS) is 10.7. The molecule has 1 aromatic heterocycles. The second kappa shape index (κ2) is 7.36. The van der Waals surface area contributed by atoms with E-state index in [2.05, 4.69) is 10.3 Å². The van der Waals surface area contributed by atoms with Crippen LogP contribution in [-0.2, 0) is 11.8 Å². The molecule has 8 nitrogen and oxygen atoms in total. The number of benzene rings is 2. The first kappa shape index (κ1) is 18.2. The number of amides is 1. The molecule has 0 unspecified atom stereocenters. The number of imidazole rings is 1. The molecule has 0 bridgehead atoms.